The molecule has 70 valence electrons. The summed E-state index contributed by atoms with van der Waals surface area (Å²) in [5.74, 6) is -0.426. The molecule has 1 aliphatic heterocycles. The zero-order valence-electron chi connectivity index (χ0n) is 7.23. The predicted octanol–water partition coefficient (Wildman–Crippen LogP) is -0.226. The second kappa shape index (κ2) is 3.87. The van der Waals surface area contributed by atoms with Crippen molar-refractivity contribution >= 4 is 5.97 Å². The van der Waals surface area contributed by atoms with Gasteiger partial charge in [-0.25, -0.2) is 0 Å². The van der Waals surface area contributed by atoms with Gasteiger partial charge in [-0.1, -0.05) is 6.92 Å². The van der Waals surface area contributed by atoms with Gasteiger partial charge in [-0.15, -0.1) is 0 Å². The van der Waals surface area contributed by atoms with Crippen LogP contribution in [0, 0.1) is 5.92 Å². The number of rotatable bonds is 2. The van der Waals surface area contributed by atoms with E-state index in [2.05, 4.69) is 0 Å². The lowest BCUT2D eigenvalue weighted by molar-refractivity contribution is -0.139. The van der Waals surface area contributed by atoms with E-state index in [0.29, 0.717) is 12.5 Å². The molecule has 0 spiro atoms. The second-order valence-corrected chi connectivity index (χ2v) is 3.58. The van der Waals surface area contributed by atoms with Crippen LogP contribution in [0.15, 0.2) is 0 Å². The summed E-state index contributed by atoms with van der Waals surface area (Å²) in [6, 6.07) is 0. The Kier molecular flexibility index (Phi) is 3.05. The van der Waals surface area contributed by atoms with Gasteiger partial charge >= 0.3 is 5.97 Å². The summed E-state index contributed by atoms with van der Waals surface area (Å²) in [7, 11) is 0. The van der Waals surface area contributed by atoms with Crippen LogP contribution in [0.3, 0.4) is 0 Å². The van der Waals surface area contributed by atoms with Gasteiger partial charge in [0.15, 0.2) is 0 Å². The molecule has 4 nitrogen and oxygen atoms in total. The molecule has 1 fully saturated rings. The Bertz CT molecular complexity index is 162. The third kappa shape index (κ3) is 2.79. The van der Waals surface area contributed by atoms with E-state index in [0.717, 1.165) is 13.0 Å². The maximum atomic E-state index is 10.4. The van der Waals surface area contributed by atoms with Gasteiger partial charge in [-0.3, -0.25) is 9.69 Å². The first-order valence-electron chi connectivity index (χ1n) is 4.20. The number of nitrogens with zero attached hydrogens (tertiary/aromatic N) is 1. The van der Waals surface area contributed by atoms with Crippen molar-refractivity contribution < 1.29 is 15.0 Å². The van der Waals surface area contributed by atoms with Crippen LogP contribution in [0.4, 0.5) is 0 Å². The summed E-state index contributed by atoms with van der Waals surface area (Å²) in [5, 5.41) is 17.8. The molecule has 0 amide bonds. The van der Waals surface area contributed by atoms with Crippen molar-refractivity contribution in [2.45, 2.75) is 19.4 Å². The molecule has 1 saturated heterocycles. The number of aliphatic carboxylic acids is 1. The lowest BCUT2D eigenvalue weighted by atomic mass is 9.98. The predicted molar refractivity (Wildman–Crippen MR) is 43.9 cm³/mol. The van der Waals surface area contributed by atoms with Crippen LogP contribution in [0.5, 0.6) is 0 Å². The highest BCUT2D eigenvalue weighted by Crippen LogP contribution is 2.15. The average molecular weight is 173 g/mol. The van der Waals surface area contributed by atoms with Crippen LogP contribution in [0.25, 0.3) is 0 Å². The first-order chi connectivity index (χ1) is 5.58. The van der Waals surface area contributed by atoms with Crippen LogP contribution in [0.2, 0.25) is 0 Å². The minimum atomic E-state index is -0.823. The van der Waals surface area contributed by atoms with Gasteiger partial charge in [0.1, 0.15) is 0 Å². The maximum absolute atomic E-state index is 10.4. The van der Waals surface area contributed by atoms with Gasteiger partial charge in [-0.05, 0) is 12.3 Å². The molecule has 1 aliphatic rings. The summed E-state index contributed by atoms with van der Waals surface area (Å²) in [5.41, 5.74) is 0. The topological polar surface area (TPSA) is 60.8 Å². The van der Waals surface area contributed by atoms with E-state index in [1.54, 1.807) is 4.90 Å². The van der Waals surface area contributed by atoms with Crippen LogP contribution >= 0.6 is 0 Å². The van der Waals surface area contributed by atoms with Crippen molar-refractivity contribution in [3.63, 3.8) is 0 Å². The molecule has 0 bridgehead atoms. The zero-order chi connectivity index (χ0) is 9.14. The molecule has 2 atom stereocenters. The molecule has 0 aromatic carbocycles. The zero-order valence-corrected chi connectivity index (χ0v) is 7.23. The largest absolute Gasteiger partial charge is 0.480 e. The van der Waals surface area contributed by atoms with Gasteiger partial charge in [-0.2, -0.15) is 0 Å². The Morgan fingerprint density at radius 1 is 1.58 bits per heavy atom. The molecule has 12 heavy (non-hydrogen) atoms. The molecular weight excluding hydrogens is 158 g/mol. The van der Waals surface area contributed by atoms with Gasteiger partial charge < -0.3 is 10.2 Å². The lowest BCUT2D eigenvalue weighted by Gasteiger charge is -2.32. The molecule has 0 aliphatic carbocycles. The van der Waals surface area contributed by atoms with Crippen molar-refractivity contribution in [1.82, 2.24) is 4.90 Å². The Balaban J connectivity index is 2.38. The first-order valence-corrected chi connectivity index (χ1v) is 4.20. The molecule has 0 aromatic rings. The summed E-state index contributed by atoms with van der Waals surface area (Å²) >= 11 is 0. The monoisotopic (exact) mass is 173 g/mol. The molecule has 0 aromatic heterocycles. The number of β-amino-alcohol motifs (C(OH)–C–C–N with tert-alkyl or cyclic N) is 1. The molecule has 1 heterocycles. The molecule has 0 unspecified atom stereocenters. The van der Waals surface area contributed by atoms with Crippen molar-refractivity contribution in [1.29, 1.82) is 0 Å². The number of aliphatic hydroxyl groups excluding tert-OH is 1. The average Bonchev–Trinajstić information content (AvgIpc) is 1.81. The fraction of sp³-hybridized carbons (Fsp3) is 0.875. The van der Waals surface area contributed by atoms with E-state index in [1.165, 1.54) is 0 Å². The third-order valence-electron chi connectivity index (χ3n) is 2.07. The first kappa shape index (κ1) is 9.48. The molecule has 2 N–H and O–H groups in total. The Hall–Kier alpha value is -0.610. The lowest BCUT2D eigenvalue weighted by Crippen LogP contribution is -2.44. The van der Waals surface area contributed by atoms with Crippen LogP contribution in [0.1, 0.15) is 13.3 Å². The Labute approximate surface area is 71.8 Å². The van der Waals surface area contributed by atoms with Crippen molar-refractivity contribution in [3.8, 4) is 0 Å². The number of carboxylic acids is 1. The molecule has 1 rings (SSSR count). The quantitative estimate of drug-likeness (QED) is 0.605. The van der Waals surface area contributed by atoms with Gasteiger partial charge in [0.05, 0.1) is 12.6 Å². The third-order valence-corrected chi connectivity index (χ3v) is 2.07. The summed E-state index contributed by atoms with van der Waals surface area (Å²) in [6.07, 6.45) is 0.434. The van der Waals surface area contributed by atoms with Crippen LogP contribution in [-0.2, 0) is 4.79 Å². The number of likely N-dealkylation sites (tertiary alicyclic amines) is 1. The van der Waals surface area contributed by atoms with E-state index in [4.69, 9.17) is 5.11 Å². The maximum Gasteiger partial charge on any atom is 0.317 e. The van der Waals surface area contributed by atoms with Gasteiger partial charge in [0.2, 0.25) is 0 Å². The number of hydrogen-bond acceptors (Lipinski definition) is 3. The number of carboxylic acid groups (broad SMARTS) is 1. The highest BCUT2D eigenvalue weighted by molar-refractivity contribution is 5.69. The summed E-state index contributed by atoms with van der Waals surface area (Å²) in [6.45, 7) is 3.35. The second-order valence-electron chi connectivity index (χ2n) is 3.58. The Morgan fingerprint density at radius 2 is 2.25 bits per heavy atom. The van der Waals surface area contributed by atoms with E-state index in [-0.39, 0.29) is 12.6 Å². The summed E-state index contributed by atoms with van der Waals surface area (Å²) < 4.78 is 0. The van der Waals surface area contributed by atoms with Crippen molar-refractivity contribution in [3.05, 3.63) is 0 Å². The smallest absolute Gasteiger partial charge is 0.317 e. The van der Waals surface area contributed by atoms with E-state index in [1.807, 2.05) is 6.92 Å². The summed E-state index contributed by atoms with van der Waals surface area (Å²) in [4.78, 5) is 12.1. The number of hydrogen-bond donors (Lipinski definition) is 2. The molecular formula is C8H15NO3. The van der Waals surface area contributed by atoms with Gasteiger partial charge in [0, 0.05) is 13.1 Å². The van der Waals surface area contributed by atoms with Crippen LogP contribution < -0.4 is 0 Å². The number of piperidine rings is 1. The number of aliphatic hydroxyl groups is 1. The fourth-order valence-corrected chi connectivity index (χ4v) is 1.75. The molecule has 0 radical (unpaired) electrons. The highest BCUT2D eigenvalue weighted by atomic mass is 16.4. The normalized spacial score (nSPS) is 31.8. The molecule has 0 saturated carbocycles. The highest BCUT2D eigenvalue weighted by Gasteiger charge is 2.23. The Morgan fingerprint density at radius 3 is 2.75 bits per heavy atom. The van der Waals surface area contributed by atoms with Crippen molar-refractivity contribution in [2.24, 2.45) is 5.92 Å². The SMILES string of the molecule is C[C@@H]1C[C@H](O)CN(CC(=O)O)C1. The van der Waals surface area contributed by atoms with Crippen LogP contribution in [-0.4, -0.2) is 46.8 Å². The minimum absolute atomic E-state index is 0.0431. The minimum Gasteiger partial charge on any atom is -0.480 e. The fourth-order valence-electron chi connectivity index (χ4n) is 1.75. The van der Waals surface area contributed by atoms with Gasteiger partial charge in [0.25, 0.3) is 0 Å². The molecule has 4 heteroatoms. The number of carbonyl (C=O) groups is 1. The van der Waals surface area contributed by atoms with E-state index in [9.17, 15) is 9.90 Å². The van der Waals surface area contributed by atoms with E-state index < -0.39 is 5.97 Å². The standard InChI is InChI=1S/C8H15NO3/c1-6-2-7(10)4-9(3-6)5-8(11)12/h6-7,10H,2-5H2,1H3,(H,11,12)/t6-,7+/m1/s1. The van der Waals surface area contributed by atoms with E-state index >= 15 is 0 Å². The van der Waals surface area contributed by atoms with Crippen molar-refractivity contribution in [2.75, 3.05) is 19.6 Å².